The smallest absolute Gasteiger partial charge is 0.251 e. The van der Waals surface area contributed by atoms with Gasteiger partial charge in [0.05, 0.1) is 25.2 Å². The van der Waals surface area contributed by atoms with Crippen LogP contribution in [0.1, 0.15) is 29.8 Å². The lowest BCUT2D eigenvalue weighted by Crippen LogP contribution is -2.47. The molecule has 7 nitrogen and oxygen atoms in total. The molecule has 2 aliphatic rings. The number of amides is 1. The van der Waals surface area contributed by atoms with Crippen LogP contribution in [0, 0.1) is 0 Å². The van der Waals surface area contributed by atoms with E-state index in [4.69, 9.17) is 4.74 Å². The van der Waals surface area contributed by atoms with Crippen LogP contribution in [0.25, 0.3) is 0 Å². The van der Waals surface area contributed by atoms with E-state index >= 15 is 0 Å². The Balaban J connectivity index is 1.65. The average Bonchev–Trinajstić information content (AvgIpc) is 2.95. The van der Waals surface area contributed by atoms with E-state index in [1.165, 1.54) is 10.6 Å². The molecule has 1 fully saturated rings. The number of sulfonamides is 1. The quantitative estimate of drug-likeness (QED) is 0.818. The summed E-state index contributed by atoms with van der Waals surface area (Å²) in [7, 11) is -3.32. The van der Waals surface area contributed by atoms with Crippen molar-refractivity contribution in [3.8, 4) is 0 Å². The van der Waals surface area contributed by atoms with Gasteiger partial charge in [-0.2, -0.15) is 0 Å². The van der Waals surface area contributed by atoms with Crippen LogP contribution in [-0.2, 0) is 21.2 Å². The largest absolute Gasteiger partial charge is 0.379 e. The van der Waals surface area contributed by atoms with Crippen LogP contribution in [0.4, 0.5) is 5.69 Å². The third-order valence-corrected chi connectivity index (χ3v) is 6.35. The van der Waals surface area contributed by atoms with Gasteiger partial charge in [-0.1, -0.05) is 0 Å². The number of carbonyl (C=O) groups is 1. The highest BCUT2D eigenvalue weighted by molar-refractivity contribution is 7.92. The summed E-state index contributed by atoms with van der Waals surface area (Å²) in [5.74, 6) is -0.127. The molecule has 1 N–H and O–H groups in total. The fraction of sp³-hybridized carbons (Fsp3) is 0.611. The molecule has 1 aromatic rings. The molecule has 0 bridgehead atoms. The van der Waals surface area contributed by atoms with Gasteiger partial charge in [-0.25, -0.2) is 8.42 Å². The molecule has 1 aromatic carbocycles. The molecule has 8 heteroatoms. The number of rotatable bonds is 5. The summed E-state index contributed by atoms with van der Waals surface area (Å²) in [4.78, 5) is 14.8. The minimum Gasteiger partial charge on any atom is -0.379 e. The Morgan fingerprint density at radius 3 is 2.69 bits per heavy atom. The lowest BCUT2D eigenvalue weighted by atomic mass is 10.1. The zero-order valence-electron chi connectivity index (χ0n) is 15.6. The van der Waals surface area contributed by atoms with Gasteiger partial charge in [0.15, 0.2) is 0 Å². The van der Waals surface area contributed by atoms with Crippen LogP contribution >= 0.6 is 0 Å². The third kappa shape index (κ3) is 4.02. The molecule has 0 spiro atoms. The van der Waals surface area contributed by atoms with Crippen molar-refractivity contribution in [1.82, 2.24) is 10.2 Å². The van der Waals surface area contributed by atoms with E-state index in [1.807, 2.05) is 13.0 Å². The van der Waals surface area contributed by atoms with Crippen LogP contribution in [0.3, 0.4) is 0 Å². The highest BCUT2D eigenvalue weighted by atomic mass is 32.2. The van der Waals surface area contributed by atoms with Gasteiger partial charge in [-0.05, 0) is 44.0 Å². The summed E-state index contributed by atoms with van der Waals surface area (Å²) >= 11 is 0. The molecule has 144 valence electrons. The monoisotopic (exact) mass is 381 g/mol. The maximum atomic E-state index is 12.5. The van der Waals surface area contributed by atoms with Crippen LogP contribution in [0.15, 0.2) is 18.2 Å². The number of hydrogen-bond donors (Lipinski definition) is 1. The molecule has 1 saturated heterocycles. The first-order valence-electron chi connectivity index (χ1n) is 8.99. The van der Waals surface area contributed by atoms with Crippen molar-refractivity contribution >= 4 is 21.6 Å². The molecule has 2 heterocycles. The summed E-state index contributed by atoms with van der Waals surface area (Å²) in [5, 5.41) is 2.99. The molecule has 0 aliphatic carbocycles. The van der Waals surface area contributed by atoms with Crippen molar-refractivity contribution in [1.29, 1.82) is 0 Å². The van der Waals surface area contributed by atoms with E-state index in [-0.39, 0.29) is 18.0 Å². The predicted molar refractivity (Wildman–Crippen MR) is 101 cm³/mol. The number of hydrogen-bond acceptors (Lipinski definition) is 5. The zero-order chi connectivity index (χ0) is 18.9. The van der Waals surface area contributed by atoms with Crippen molar-refractivity contribution in [2.45, 2.75) is 32.4 Å². The van der Waals surface area contributed by atoms with E-state index < -0.39 is 10.0 Å². The summed E-state index contributed by atoms with van der Waals surface area (Å²) in [6.07, 6.45) is 1.83. The molecular formula is C18H27N3O4S. The molecule has 1 amide bonds. The summed E-state index contributed by atoms with van der Waals surface area (Å²) < 4.78 is 30.8. The molecule has 0 radical (unpaired) electrons. The van der Waals surface area contributed by atoms with Crippen LogP contribution < -0.4 is 9.62 Å². The fourth-order valence-corrected chi connectivity index (χ4v) is 5.00. The van der Waals surface area contributed by atoms with E-state index in [1.54, 1.807) is 12.1 Å². The zero-order valence-corrected chi connectivity index (χ0v) is 16.4. The predicted octanol–water partition coefficient (Wildman–Crippen LogP) is 0.848. The summed E-state index contributed by atoms with van der Waals surface area (Å²) in [5.41, 5.74) is 2.15. The van der Waals surface area contributed by atoms with Gasteiger partial charge in [0.1, 0.15) is 0 Å². The fourth-order valence-electron chi connectivity index (χ4n) is 3.74. The Bertz CT molecular complexity index is 775. The number of nitrogens with zero attached hydrogens (tertiary/aromatic N) is 2. The van der Waals surface area contributed by atoms with Gasteiger partial charge >= 0.3 is 0 Å². The standard InChI is InChI=1S/C18H27N3O4S/c1-13-10-16-11-15(4-5-17(16)21(13)26(3,23)24)18(22)19-12-14(2)20-6-8-25-9-7-20/h4-5,11,13-14H,6-10,12H2,1-3H3,(H,19,22). The summed E-state index contributed by atoms with van der Waals surface area (Å²) in [6.45, 7) is 7.78. The minimum atomic E-state index is -3.32. The number of fused-ring (bicyclic) bond motifs is 1. The SMILES string of the molecule is CC(CNC(=O)c1ccc2c(c1)CC(C)N2S(C)(=O)=O)N1CCOCC1. The minimum absolute atomic E-state index is 0.125. The average molecular weight is 381 g/mol. The van der Waals surface area contributed by atoms with Crippen molar-refractivity contribution in [3.05, 3.63) is 29.3 Å². The molecule has 2 unspecified atom stereocenters. The van der Waals surface area contributed by atoms with Crippen LogP contribution in [0.5, 0.6) is 0 Å². The van der Waals surface area contributed by atoms with E-state index in [0.29, 0.717) is 24.2 Å². The molecule has 2 atom stereocenters. The van der Waals surface area contributed by atoms with Gasteiger partial charge in [-0.3, -0.25) is 14.0 Å². The van der Waals surface area contributed by atoms with Gasteiger partial charge in [0.25, 0.3) is 5.91 Å². The maximum absolute atomic E-state index is 12.5. The molecule has 2 aliphatic heterocycles. The Kier molecular flexibility index (Phi) is 5.55. The Morgan fingerprint density at radius 1 is 1.35 bits per heavy atom. The number of carbonyl (C=O) groups excluding carboxylic acids is 1. The second kappa shape index (κ2) is 7.54. The van der Waals surface area contributed by atoms with E-state index in [0.717, 1.165) is 31.9 Å². The molecule has 0 saturated carbocycles. The highest BCUT2D eigenvalue weighted by Gasteiger charge is 2.32. The van der Waals surface area contributed by atoms with E-state index in [9.17, 15) is 13.2 Å². The Morgan fingerprint density at radius 2 is 2.04 bits per heavy atom. The second-order valence-electron chi connectivity index (χ2n) is 7.16. The van der Waals surface area contributed by atoms with Gasteiger partial charge < -0.3 is 10.1 Å². The van der Waals surface area contributed by atoms with Crippen molar-refractivity contribution in [2.75, 3.05) is 43.4 Å². The number of nitrogens with one attached hydrogen (secondary N) is 1. The summed E-state index contributed by atoms with van der Waals surface area (Å²) in [6, 6.07) is 5.37. The topological polar surface area (TPSA) is 79.0 Å². The number of benzene rings is 1. The molecule has 3 rings (SSSR count). The van der Waals surface area contributed by atoms with Crippen molar-refractivity contribution in [2.24, 2.45) is 0 Å². The van der Waals surface area contributed by atoms with Gasteiger partial charge in [0, 0.05) is 37.3 Å². The second-order valence-corrected chi connectivity index (χ2v) is 9.02. The molecular weight excluding hydrogens is 354 g/mol. The van der Waals surface area contributed by atoms with Crippen LogP contribution in [-0.4, -0.2) is 70.4 Å². The Labute approximate surface area is 155 Å². The first kappa shape index (κ1) is 19.1. The molecule has 0 aromatic heterocycles. The van der Waals surface area contributed by atoms with Gasteiger partial charge in [-0.15, -0.1) is 0 Å². The first-order chi connectivity index (χ1) is 12.3. The molecule has 26 heavy (non-hydrogen) atoms. The number of morpholine rings is 1. The van der Waals surface area contributed by atoms with Crippen molar-refractivity contribution in [3.63, 3.8) is 0 Å². The highest BCUT2D eigenvalue weighted by Crippen LogP contribution is 2.34. The first-order valence-corrected chi connectivity index (χ1v) is 10.8. The van der Waals surface area contributed by atoms with E-state index in [2.05, 4.69) is 17.1 Å². The van der Waals surface area contributed by atoms with Crippen LogP contribution in [0.2, 0.25) is 0 Å². The number of ether oxygens (including phenoxy) is 1. The Hall–Kier alpha value is -1.64. The maximum Gasteiger partial charge on any atom is 0.251 e. The lowest BCUT2D eigenvalue weighted by Gasteiger charge is -2.32. The number of anilines is 1. The van der Waals surface area contributed by atoms with Gasteiger partial charge in [0.2, 0.25) is 10.0 Å². The lowest BCUT2D eigenvalue weighted by molar-refractivity contribution is 0.0204. The normalized spacial score (nSPS) is 22.1. The van der Waals surface area contributed by atoms with Crippen molar-refractivity contribution < 1.29 is 17.9 Å². The third-order valence-electron chi connectivity index (χ3n) is 5.08.